The van der Waals surface area contributed by atoms with Crippen LogP contribution in [0.3, 0.4) is 0 Å². The second-order valence-corrected chi connectivity index (χ2v) is 10.6. The fourth-order valence-electron chi connectivity index (χ4n) is 3.71. The molecule has 3 amide bonds. The highest BCUT2D eigenvalue weighted by Crippen LogP contribution is 2.30. The Hall–Kier alpha value is -3.83. The first kappa shape index (κ1) is 29.4. The summed E-state index contributed by atoms with van der Waals surface area (Å²) in [5.74, 6) is 1.48. The Labute approximate surface area is 219 Å². The molecule has 2 aromatic rings. The lowest BCUT2D eigenvalue weighted by molar-refractivity contribution is -0.149. The van der Waals surface area contributed by atoms with E-state index in [9.17, 15) is 19.5 Å². The number of benzene rings is 2. The lowest BCUT2D eigenvalue weighted by atomic mass is 9.95. The Morgan fingerprint density at radius 2 is 1.59 bits per heavy atom. The normalized spacial score (nSPS) is 13.0. The van der Waals surface area contributed by atoms with Crippen molar-refractivity contribution in [3.63, 3.8) is 0 Å². The van der Waals surface area contributed by atoms with Crippen molar-refractivity contribution in [3.05, 3.63) is 71.3 Å². The molecule has 2 aromatic carbocycles. The second-order valence-electron chi connectivity index (χ2n) is 10.6. The number of amides is 3. The van der Waals surface area contributed by atoms with Crippen LogP contribution in [0.5, 0.6) is 0 Å². The number of rotatable bonds is 8. The van der Waals surface area contributed by atoms with Gasteiger partial charge in [-0.1, -0.05) is 48.4 Å². The Bertz CT molecular complexity index is 1110. The molecule has 0 heterocycles. The van der Waals surface area contributed by atoms with Crippen LogP contribution in [0.15, 0.2) is 54.6 Å². The number of nitrogens with zero attached hydrogens (tertiary/aromatic N) is 1. The summed E-state index contributed by atoms with van der Waals surface area (Å²) in [6.45, 7) is 9.98. The summed E-state index contributed by atoms with van der Waals surface area (Å²) >= 11 is 0. The molecule has 0 radical (unpaired) electrons. The van der Waals surface area contributed by atoms with Gasteiger partial charge in [-0.05, 0) is 64.8 Å². The second kappa shape index (κ2) is 12.4. The largest absolute Gasteiger partial charge is 0.444 e. The van der Waals surface area contributed by atoms with Crippen molar-refractivity contribution in [3.8, 4) is 12.3 Å². The van der Waals surface area contributed by atoms with E-state index in [1.807, 2.05) is 30.3 Å². The van der Waals surface area contributed by atoms with Crippen molar-refractivity contribution >= 4 is 17.9 Å². The Morgan fingerprint density at radius 1 is 1.00 bits per heavy atom. The summed E-state index contributed by atoms with van der Waals surface area (Å²) in [5.41, 5.74) is 0.378. The number of carbonyl (C=O) groups is 3. The third-order valence-corrected chi connectivity index (χ3v) is 5.34. The van der Waals surface area contributed by atoms with Gasteiger partial charge in [0.15, 0.2) is 0 Å². The number of aliphatic hydroxyl groups excluding tert-OH is 1. The number of hydrogen-bond donors (Lipinski definition) is 3. The van der Waals surface area contributed by atoms with Crippen LogP contribution in [-0.2, 0) is 20.9 Å². The minimum absolute atomic E-state index is 0.254. The van der Waals surface area contributed by atoms with Gasteiger partial charge < -0.3 is 25.4 Å². The van der Waals surface area contributed by atoms with Gasteiger partial charge in [0, 0.05) is 17.6 Å². The van der Waals surface area contributed by atoms with Gasteiger partial charge in [0.25, 0.3) is 0 Å². The fourth-order valence-corrected chi connectivity index (χ4v) is 3.71. The van der Waals surface area contributed by atoms with E-state index < -0.39 is 47.7 Å². The maximum Gasteiger partial charge on any atom is 0.408 e. The zero-order valence-electron chi connectivity index (χ0n) is 22.4. The third kappa shape index (κ3) is 8.65. The summed E-state index contributed by atoms with van der Waals surface area (Å²) in [4.78, 5) is 41.3. The van der Waals surface area contributed by atoms with Crippen LogP contribution in [0.4, 0.5) is 4.79 Å². The number of alkyl carbamates (subject to hydrolysis) is 1. The Balaban J connectivity index is 2.47. The Morgan fingerprint density at radius 3 is 2.08 bits per heavy atom. The molecule has 2 rings (SSSR count). The van der Waals surface area contributed by atoms with Crippen LogP contribution in [0, 0.1) is 12.3 Å². The van der Waals surface area contributed by atoms with Gasteiger partial charge >= 0.3 is 6.09 Å². The average molecular weight is 508 g/mol. The van der Waals surface area contributed by atoms with Gasteiger partial charge in [0.1, 0.15) is 17.7 Å². The van der Waals surface area contributed by atoms with Crippen molar-refractivity contribution in [2.75, 3.05) is 6.61 Å². The van der Waals surface area contributed by atoms with Crippen molar-refractivity contribution in [1.82, 2.24) is 15.5 Å². The van der Waals surface area contributed by atoms with Crippen LogP contribution >= 0.6 is 0 Å². The molecule has 2 atom stereocenters. The average Bonchev–Trinajstić information content (AvgIpc) is 2.82. The van der Waals surface area contributed by atoms with E-state index in [-0.39, 0.29) is 6.54 Å². The standard InChI is InChI=1S/C29H37N3O5/c1-8-20-14-16-22(17-15-20)24(25(34)30-18-21-12-10-9-11-13-21)32(28(2,3)4)26(35)23(19-33)31-27(36)37-29(5,6)7/h1,9-17,23-24,33H,18-19H2,2-7H3,(H,30,34)(H,31,36). The van der Waals surface area contributed by atoms with E-state index in [2.05, 4.69) is 16.6 Å². The smallest absolute Gasteiger partial charge is 0.408 e. The quantitative estimate of drug-likeness (QED) is 0.474. The SMILES string of the molecule is C#Cc1ccc(C(C(=O)NCc2ccccc2)N(C(=O)C(CO)NC(=O)OC(C)(C)C)C(C)(C)C)cc1. The van der Waals surface area contributed by atoms with Crippen molar-refractivity contribution in [1.29, 1.82) is 0 Å². The number of hydrogen-bond acceptors (Lipinski definition) is 5. The number of nitrogens with one attached hydrogen (secondary N) is 2. The molecule has 8 nitrogen and oxygen atoms in total. The molecule has 0 saturated carbocycles. The number of terminal acetylenes is 1. The molecule has 0 aliphatic heterocycles. The zero-order valence-corrected chi connectivity index (χ0v) is 22.4. The lowest BCUT2D eigenvalue weighted by Gasteiger charge is -2.42. The molecule has 2 unspecified atom stereocenters. The van der Waals surface area contributed by atoms with Gasteiger partial charge in [-0.15, -0.1) is 6.42 Å². The van der Waals surface area contributed by atoms with Crippen LogP contribution in [0.2, 0.25) is 0 Å². The fraction of sp³-hybridized carbons (Fsp3) is 0.414. The summed E-state index contributed by atoms with van der Waals surface area (Å²) in [6.07, 6.45) is 4.65. The molecule has 198 valence electrons. The summed E-state index contributed by atoms with van der Waals surface area (Å²) in [6, 6.07) is 13.8. The van der Waals surface area contributed by atoms with E-state index >= 15 is 0 Å². The minimum Gasteiger partial charge on any atom is -0.444 e. The van der Waals surface area contributed by atoms with Gasteiger partial charge in [0.05, 0.1) is 6.61 Å². The monoisotopic (exact) mass is 507 g/mol. The molecule has 0 aliphatic carbocycles. The van der Waals surface area contributed by atoms with E-state index in [4.69, 9.17) is 11.2 Å². The molecular weight excluding hydrogens is 470 g/mol. The molecule has 0 spiro atoms. The topological polar surface area (TPSA) is 108 Å². The summed E-state index contributed by atoms with van der Waals surface area (Å²) in [5, 5.41) is 15.4. The predicted molar refractivity (Wildman–Crippen MR) is 142 cm³/mol. The van der Waals surface area contributed by atoms with Crippen LogP contribution < -0.4 is 10.6 Å². The number of carbonyl (C=O) groups excluding carboxylic acids is 3. The third-order valence-electron chi connectivity index (χ3n) is 5.34. The van der Waals surface area contributed by atoms with E-state index in [1.165, 1.54) is 4.90 Å². The van der Waals surface area contributed by atoms with E-state index in [0.717, 1.165) is 5.56 Å². The first-order chi connectivity index (χ1) is 17.3. The summed E-state index contributed by atoms with van der Waals surface area (Å²) < 4.78 is 5.26. The predicted octanol–water partition coefficient (Wildman–Crippen LogP) is 3.54. The maximum absolute atomic E-state index is 13.8. The lowest BCUT2D eigenvalue weighted by Crippen LogP contribution is -2.59. The molecule has 3 N–H and O–H groups in total. The van der Waals surface area contributed by atoms with Crippen molar-refractivity contribution in [2.24, 2.45) is 0 Å². The highest BCUT2D eigenvalue weighted by molar-refractivity contribution is 5.92. The highest BCUT2D eigenvalue weighted by atomic mass is 16.6. The van der Waals surface area contributed by atoms with Gasteiger partial charge in [-0.2, -0.15) is 0 Å². The van der Waals surface area contributed by atoms with Gasteiger partial charge in [-0.3, -0.25) is 9.59 Å². The van der Waals surface area contributed by atoms with Crippen LogP contribution in [-0.4, -0.2) is 51.7 Å². The van der Waals surface area contributed by atoms with Crippen molar-refractivity contribution in [2.45, 2.75) is 71.3 Å². The van der Waals surface area contributed by atoms with E-state index in [0.29, 0.717) is 11.1 Å². The van der Waals surface area contributed by atoms with Crippen molar-refractivity contribution < 1.29 is 24.2 Å². The first-order valence-electron chi connectivity index (χ1n) is 12.1. The zero-order chi connectivity index (χ0) is 27.8. The van der Waals surface area contributed by atoms with Crippen LogP contribution in [0.1, 0.15) is 64.3 Å². The van der Waals surface area contributed by atoms with Gasteiger partial charge in [-0.25, -0.2) is 4.79 Å². The minimum atomic E-state index is -1.33. The summed E-state index contributed by atoms with van der Waals surface area (Å²) in [7, 11) is 0. The molecule has 0 saturated heterocycles. The molecule has 37 heavy (non-hydrogen) atoms. The highest BCUT2D eigenvalue weighted by Gasteiger charge is 2.41. The number of ether oxygens (including phenoxy) is 1. The molecular formula is C29H37N3O5. The van der Waals surface area contributed by atoms with Crippen LogP contribution in [0.25, 0.3) is 0 Å². The van der Waals surface area contributed by atoms with E-state index in [1.54, 1.807) is 65.8 Å². The molecule has 0 aliphatic rings. The first-order valence-corrected chi connectivity index (χ1v) is 12.1. The molecule has 0 aromatic heterocycles. The number of aliphatic hydroxyl groups is 1. The molecule has 0 fully saturated rings. The van der Waals surface area contributed by atoms with Gasteiger partial charge in [0.2, 0.25) is 11.8 Å². The maximum atomic E-state index is 13.8. The Kier molecular flexibility index (Phi) is 9.87. The molecule has 0 bridgehead atoms. The molecule has 8 heteroatoms.